The summed E-state index contributed by atoms with van der Waals surface area (Å²) in [6, 6.07) is 0. The van der Waals surface area contributed by atoms with Crippen LogP contribution in [0.15, 0.2) is 0 Å². The second-order valence-corrected chi connectivity index (χ2v) is 3.07. The topological polar surface area (TPSA) is 41.6 Å². The lowest BCUT2D eigenvalue weighted by atomic mass is 10.3. The molecular weight excluding hydrogens is 168 g/mol. The Labute approximate surface area is 80.2 Å². The van der Waals surface area contributed by atoms with Gasteiger partial charge in [-0.3, -0.25) is 4.79 Å². The Morgan fingerprint density at radius 1 is 1.46 bits per heavy atom. The van der Waals surface area contributed by atoms with E-state index < -0.39 is 0 Å². The zero-order valence-corrected chi connectivity index (χ0v) is 8.80. The predicted octanol–water partition coefficient (Wildman–Crippen LogP) is 0.0908. The minimum Gasteiger partial charge on any atom is -0.383 e. The first kappa shape index (κ1) is 12.4. The maximum Gasteiger partial charge on any atom is 0.219 e. The van der Waals surface area contributed by atoms with E-state index in [1.165, 1.54) is 0 Å². The zero-order chi connectivity index (χ0) is 10.1. The van der Waals surface area contributed by atoms with Crippen LogP contribution < -0.4 is 5.32 Å². The summed E-state index contributed by atoms with van der Waals surface area (Å²) in [4.78, 5) is 13.0. The largest absolute Gasteiger partial charge is 0.383 e. The van der Waals surface area contributed by atoms with Gasteiger partial charge in [0.15, 0.2) is 0 Å². The van der Waals surface area contributed by atoms with Gasteiger partial charge in [0.05, 0.1) is 6.61 Å². The number of carbonyl (C=O) groups is 1. The lowest BCUT2D eigenvalue weighted by molar-refractivity contribution is -0.120. The number of hydrogen-bond acceptors (Lipinski definition) is 3. The first-order chi connectivity index (χ1) is 6.20. The van der Waals surface area contributed by atoms with Gasteiger partial charge >= 0.3 is 0 Å². The lowest BCUT2D eigenvalue weighted by Crippen LogP contribution is -2.25. The molecule has 13 heavy (non-hydrogen) atoms. The minimum atomic E-state index is 0.111. The molecule has 0 aromatic rings. The van der Waals surface area contributed by atoms with Gasteiger partial charge in [-0.1, -0.05) is 0 Å². The Hall–Kier alpha value is -0.610. The van der Waals surface area contributed by atoms with Crippen LogP contribution in [0, 0.1) is 0 Å². The van der Waals surface area contributed by atoms with Gasteiger partial charge in [-0.05, 0) is 20.0 Å². The summed E-state index contributed by atoms with van der Waals surface area (Å²) in [5, 5.41) is 2.60. The SMILES string of the molecule is CNC(=O)CCCN(C)CCOC. The lowest BCUT2D eigenvalue weighted by Gasteiger charge is -2.15. The third-order valence-electron chi connectivity index (χ3n) is 1.90. The van der Waals surface area contributed by atoms with Crippen molar-refractivity contribution in [3.05, 3.63) is 0 Å². The highest BCUT2D eigenvalue weighted by Gasteiger charge is 2.00. The van der Waals surface area contributed by atoms with Crippen molar-refractivity contribution in [3.8, 4) is 0 Å². The van der Waals surface area contributed by atoms with Crippen molar-refractivity contribution in [2.45, 2.75) is 12.8 Å². The van der Waals surface area contributed by atoms with Crippen LogP contribution >= 0.6 is 0 Å². The first-order valence-corrected chi connectivity index (χ1v) is 4.58. The van der Waals surface area contributed by atoms with E-state index in [1.807, 2.05) is 7.05 Å². The highest BCUT2D eigenvalue weighted by molar-refractivity contribution is 5.75. The zero-order valence-electron chi connectivity index (χ0n) is 8.80. The minimum absolute atomic E-state index is 0.111. The van der Waals surface area contributed by atoms with Crippen LogP contribution in [-0.4, -0.2) is 51.7 Å². The smallest absolute Gasteiger partial charge is 0.219 e. The molecule has 0 aromatic heterocycles. The Bertz CT molecular complexity index is 140. The van der Waals surface area contributed by atoms with Crippen LogP contribution in [0.2, 0.25) is 0 Å². The van der Waals surface area contributed by atoms with E-state index in [4.69, 9.17) is 4.74 Å². The molecule has 0 atom stereocenters. The fourth-order valence-corrected chi connectivity index (χ4v) is 0.993. The Kier molecular flexibility index (Phi) is 7.63. The van der Waals surface area contributed by atoms with E-state index >= 15 is 0 Å². The molecule has 78 valence electrons. The fraction of sp³-hybridized carbons (Fsp3) is 0.889. The van der Waals surface area contributed by atoms with Crippen LogP contribution in [0.4, 0.5) is 0 Å². The van der Waals surface area contributed by atoms with Gasteiger partial charge in [-0.25, -0.2) is 0 Å². The summed E-state index contributed by atoms with van der Waals surface area (Å²) < 4.78 is 4.94. The molecule has 0 spiro atoms. The number of amides is 1. The van der Waals surface area contributed by atoms with Crippen molar-refractivity contribution in [3.63, 3.8) is 0 Å². The molecule has 0 saturated heterocycles. The van der Waals surface area contributed by atoms with E-state index in [1.54, 1.807) is 14.2 Å². The third-order valence-corrected chi connectivity index (χ3v) is 1.90. The molecule has 4 nitrogen and oxygen atoms in total. The number of nitrogens with one attached hydrogen (secondary N) is 1. The standard InChI is InChI=1S/C9H20N2O2/c1-10-9(12)5-4-6-11(2)7-8-13-3/h4-8H2,1-3H3,(H,10,12). The molecule has 0 aliphatic carbocycles. The first-order valence-electron chi connectivity index (χ1n) is 4.58. The second kappa shape index (κ2) is 8.01. The number of nitrogens with zero attached hydrogens (tertiary/aromatic N) is 1. The Balaban J connectivity index is 3.26. The number of hydrogen-bond donors (Lipinski definition) is 1. The molecule has 0 unspecified atom stereocenters. The van der Waals surface area contributed by atoms with Crippen LogP contribution in [0.25, 0.3) is 0 Å². The number of carbonyl (C=O) groups excluding carboxylic acids is 1. The molecule has 0 aliphatic rings. The van der Waals surface area contributed by atoms with Crippen molar-refractivity contribution >= 4 is 5.91 Å². The van der Waals surface area contributed by atoms with Crippen molar-refractivity contribution < 1.29 is 9.53 Å². The van der Waals surface area contributed by atoms with Crippen LogP contribution in [0.5, 0.6) is 0 Å². The van der Waals surface area contributed by atoms with Crippen molar-refractivity contribution in [2.75, 3.05) is 40.9 Å². The molecule has 0 saturated carbocycles. The van der Waals surface area contributed by atoms with Gasteiger partial charge in [-0.2, -0.15) is 0 Å². The molecule has 0 heterocycles. The maximum atomic E-state index is 10.9. The van der Waals surface area contributed by atoms with E-state index in [0.717, 1.165) is 26.1 Å². The molecule has 0 fully saturated rings. The molecule has 0 aromatic carbocycles. The van der Waals surface area contributed by atoms with Gasteiger partial charge in [0, 0.05) is 27.1 Å². The van der Waals surface area contributed by atoms with Crippen molar-refractivity contribution in [1.29, 1.82) is 0 Å². The molecule has 1 amide bonds. The third kappa shape index (κ3) is 7.74. The summed E-state index contributed by atoms with van der Waals surface area (Å²) in [6.07, 6.45) is 1.51. The highest BCUT2D eigenvalue weighted by atomic mass is 16.5. The maximum absolute atomic E-state index is 10.9. The summed E-state index contributed by atoms with van der Waals surface area (Å²) in [5.74, 6) is 0.111. The average molecular weight is 188 g/mol. The highest BCUT2D eigenvalue weighted by Crippen LogP contribution is 1.92. The van der Waals surface area contributed by atoms with Crippen molar-refractivity contribution in [2.24, 2.45) is 0 Å². The second-order valence-electron chi connectivity index (χ2n) is 3.07. The molecule has 0 aliphatic heterocycles. The Morgan fingerprint density at radius 3 is 2.69 bits per heavy atom. The molecule has 0 radical (unpaired) electrons. The van der Waals surface area contributed by atoms with Gasteiger partial charge in [0.1, 0.15) is 0 Å². The van der Waals surface area contributed by atoms with Gasteiger partial charge in [0.25, 0.3) is 0 Å². The number of rotatable bonds is 7. The number of likely N-dealkylation sites (N-methyl/N-ethyl adjacent to an activating group) is 1. The summed E-state index contributed by atoms with van der Waals surface area (Å²) in [6.45, 7) is 2.61. The predicted molar refractivity (Wildman–Crippen MR) is 52.7 cm³/mol. The van der Waals surface area contributed by atoms with E-state index in [2.05, 4.69) is 10.2 Å². The molecule has 0 bridgehead atoms. The van der Waals surface area contributed by atoms with Gasteiger partial charge in [0.2, 0.25) is 5.91 Å². The molecular formula is C9H20N2O2. The monoisotopic (exact) mass is 188 g/mol. The van der Waals surface area contributed by atoms with Gasteiger partial charge in [-0.15, -0.1) is 0 Å². The van der Waals surface area contributed by atoms with Crippen LogP contribution in [0.1, 0.15) is 12.8 Å². The molecule has 4 heteroatoms. The Morgan fingerprint density at radius 2 is 2.15 bits per heavy atom. The average Bonchev–Trinajstić information content (AvgIpc) is 2.14. The van der Waals surface area contributed by atoms with Crippen LogP contribution in [0.3, 0.4) is 0 Å². The summed E-state index contributed by atoms with van der Waals surface area (Å²) in [7, 11) is 5.39. The molecule has 1 N–H and O–H groups in total. The van der Waals surface area contributed by atoms with Crippen LogP contribution in [-0.2, 0) is 9.53 Å². The summed E-state index contributed by atoms with van der Waals surface area (Å²) in [5.41, 5.74) is 0. The van der Waals surface area contributed by atoms with Crippen molar-refractivity contribution in [1.82, 2.24) is 10.2 Å². The van der Waals surface area contributed by atoms with Gasteiger partial charge < -0.3 is 15.0 Å². The molecule has 0 rings (SSSR count). The fourth-order valence-electron chi connectivity index (χ4n) is 0.993. The van der Waals surface area contributed by atoms with E-state index in [9.17, 15) is 4.79 Å². The number of ether oxygens (including phenoxy) is 1. The van der Waals surface area contributed by atoms with E-state index in [0.29, 0.717) is 6.42 Å². The number of methoxy groups -OCH3 is 1. The normalized spacial score (nSPS) is 10.5. The van der Waals surface area contributed by atoms with E-state index in [-0.39, 0.29) is 5.91 Å². The quantitative estimate of drug-likeness (QED) is 0.615. The summed E-state index contributed by atoms with van der Waals surface area (Å²) >= 11 is 0.